The van der Waals surface area contributed by atoms with Crippen LogP contribution in [0, 0.1) is 12.7 Å². The average Bonchev–Trinajstić information content (AvgIpc) is 2.30. The zero-order chi connectivity index (χ0) is 12.3. The topological polar surface area (TPSA) is 24.9 Å². The summed E-state index contributed by atoms with van der Waals surface area (Å²) in [5.74, 6) is -0.263. The van der Waals surface area contributed by atoms with E-state index in [4.69, 9.17) is 0 Å². The second-order valence-electron chi connectivity index (χ2n) is 3.78. The lowest BCUT2D eigenvalue weighted by Crippen LogP contribution is -2.03. The Bertz CT molecular complexity index is 529. The number of nitrogens with zero attached hydrogens (tertiary/aromatic N) is 1. The minimum absolute atomic E-state index is 0.263. The predicted octanol–water partition coefficient (Wildman–Crippen LogP) is 3.90. The van der Waals surface area contributed by atoms with Gasteiger partial charge >= 0.3 is 0 Å². The van der Waals surface area contributed by atoms with Crippen molar-refractivity contribution in [3.63, 3.8) is 0 Å². The summed E-state index contributed by atoms with van der Waals surface area (Å²) in [6.45, 7) is 2.58. The lowest BCUT2D eigenvalue weighted by Gasteiger charge is -2.09. The van der Waals surface area contributed by atoms with Gasteiger partial charge in [0.1, 0.15) is 5.82 Å². The Morgan fingerprint density at radius 2 is 2.18 bits per heavy atom. The number of halogens is 2. The molecule has 2 nitrogen and oxygen atoms in total. The maximum Gasteiger partial charge on any atom is 0.147 e. The monoisotopic (exact) mass is 294 g/mol. The third-order valence-electron chi connectivity index (χ3n) is 2.55. The van der Waals surface area contributed by atoms with Gasteiger partial charge < -0.3 is 5.32 Å². The van der Waals surface area contributed by atoms with E-state index in [0.29, 0.717) is 12.2 Å². The van der Waals surface area contributed by atoms with E-state index in [1.54, 1.807) is 18.5 Å². The first-order valence-corrected chi connectivity index (χ1v) is 6.04. The number of aryl methyl sites for hydroxylation is 1. The quantitative estimate of drug-likeness (QED) is 0.928. The molecule has 1 aromatic heterocycles. The fourth-order valence-corrected chi connectivity index (χ4v) is 1.84. The third-order valence-corrected chi connectivity index (χ3v) is 3.04. The molecule has 0 aliphatic heterocycles. The van der Waals surface area contributed by atoms with Gasteiger partial charge in [-0.25, -0.2) is 4.39 Å². The van der Waals surface area contributed by atoms with Gasteiger partial charge in [0, 0.05) is 23.4 Å². The van der Waals surface area contributed by atoms with Crippen LogP contribution in [-0.2, 0) is 6.54 Å². The molecule has 1 N–H and O–H groups in total. The molecule has 0 aliphatic rings. The number of aromatic nitrogens is 1. The van der Waals surface area contributed by atoms with Crippen LogP contribution >= 0.6 is 15.9 Å². The van der Waals surface area contributed by atoms with Crippen molar-refractivity contribution in [2.45, 2.75) is 13.5 Å². The van der Waals surface area contributed by atoms with E-state index < -0.39 is 0 Å². The number of hydrogen-bond donors (Lipinski definition) is 1. The van der Waals surface area contributed by atoms with Crippen LogP contribution in [-0.4, -0.2) is 4.98 Å². The van der Waals surface area contributed by atoms with E-state index in [1.165, 1.54) is 6.07 Å². The first-order valence-electron chi connectivity index (χ1n) is 5.25. The van der Waals surface area contributed by atoms with Crippen LogP contribution < -0.4 is 5.32 Å². The van der Waals surface area contributed by atoms with Crippen LogP contribution in [0.4, 0.5) is 10.1 Å². The van der Waals surface area contributed by atoms with E-state index in [2.05, 4.69) is 26.2 Å². The summed E-state index contributed by atoms with van der Waals surface area (Å²) < 4.78 is 14.3. The Morgan fingerprint density at radius 3 is 2.88 bits per heavy atom. The van der Waals surface area contributed by atoms with Gasteiger partial charge in [-0.3, -0.25) is 4.98 Å². The highest BCUT2D eigenvalue weighted by Crippen LogP contribution is 2.20. The minimum Gasteiger partial charge on any atom is -0.379 e. The molecule has 4 heteroatoms. The summed E-state index contributed by atoms with van der Waals surface area (Å²) in [4.78, 5) is 4.05. The minimum atomic E-state index is -0.263. The largest absolute Gasteiger partial charge is 0.379 e. The first kappa shape index (κ1) is 12.0. The summed E-state index contributed by atoms with van der Waals surface area (Å²) in [5.41, 5.74) is 2.70. The Balaban J connectivity index is 2.10. The highest BCUT2D eigenvalue weighted by molar-refractivity contribution is 9.10. The SMILES string of the molecule is Cc1ccncc1CNc1ccc(Br)cc1F. The second kappa shape index (κ2) is 5.27. The molecule has 0 saturated carbocycles. The highest BCUT2D eigenvalue weighted by Gasteiger charge is 2.03. The Morgan fingerprint density at radius 1 is 1.35 bits per heavy atom. The molecular formula is C13H12BrFN2. The number of nitrogens with one attached hydrogen (secondary N) is 1. The molecule has 1 heterocycles. The second-order valence-corrected chi connectivity index (χ2v) is 4.70. The number of rotatable bonds is 3. The zero-order valence-electron chi connectivity index (χ0n) is 9.37. The van der Waals surface area contributed by atoms with Gasteiger partial charge in [0.15, 0.2) is 0 Å². The number of hydrogen-bond acceptors (Lipinski definition) is 2. The third kappa shape index (κ3) is 3.03. The summed E-state index contributed by atoms with van der Waals surface area (Å²) in [6.07, 6.45) is 3.54. The molecule has 0 aliphatic carbocycles. The fourth-order valence-electron chi connectivity index (χ4n) is 1.51. The number of benzene rings is 1. The number of pyridine rings is 1. The van der Waals surface area contributed by atoms with Gasteiger partial charge in [0.2, 0.25) is 0 Å². The van der Waals surface area contributed by atoms with Crippen molar-refractivity contribution in [2.75, 3.05) is 5.32 Å². The zero-order valence-corrected chi connectivity index (χ0v) is 11.0. The van der Waals surface area contributed by atoms with Crippen LogP contribution in [0.2, 0.25) is 0 Å². The molecule has 0 atom stereocenters. The van der Waals surface area contributed by atoms with E-state index in [1.807, 2.05) is 19.1 Å². The van der Waals surface area contributed by atoms with Crippen LogP contribution in [0.3, 0.4) is 0 Å². The molecule has 0 fully saturated rings. The van der Waals surface area contributed by atoms with Crippen LogP contribution in [0.5, 0.6) is 0 Å². The molecule has 2 rings (SSSR count). The smallest absolute Gasteiger partial charge is 0.147 e. The normalized spacial score (nSPS) is 10.3. The molecule has 2 aromatic rings. The van der Waals surface area contributed by atoms with Crippen LogP contribution in [0.1, 0.15) is 11.1 Å². The van der Waals surface area contributed by atoms with Crippen molar-refractivity contribution in [1.29, 1.82) is 0 Å². The van der Waals surface area contributed by atoms with Crippen LogP contribution in [0.25, 0.3) is 0 Å². The lowest BCUT2D eigenvalue weighted by molar-refractivity contribution is 0.629. The molecule has 0 unspecified atom stereocenters. The van der Waals surface area contributed by atoms with E-state index in [-0.39, 0.29) is 5.82 Å². The number of anilines is 1. The van der Waals surface area contributed by atoms with Crippen molar-refractivity contribution in [3.05, 3.63) is 58.1 Å². The average molecular weight is 295 g/mol. The molecule has 88 valence electrons. The maximum absolute atomic E-state index is 13.5. The summed E-state index contributed by atoms with van der Waals surface area (Å²) >= 11 is 3.23. The van der Waals surface area contributed by atoms with Crippen molar-refractivity contribution < 1.29 is 4.39 Å². The van der Waals surface area contributed by atoms with Crippen molar-refractivity contribution in [1.82, 2.24) is 4.98 Å². The van der Waals surface area contributed by atoms with Gasteiger partial charge in [0.25, 0.3) is 0 Å². The van der Waals surface area contributed by atoms with Gasteiger partial charge in [-0.05, 0) is 42.3 Å². The van der Waals surface area contributed by atoms with E-state index in [9.17, 15) is 4.39 Å². The summed E-state index contributed by atoms with van der Waals surface area (Å²) in [5, 5.41) is 3.06. The molecular weight excluding hydrogens is 283 g/mol. The Kier molecular flexibility index (Phi) is 3.74. The van der Waals surface area contributed by atoms with Gasteiger partial charge in [-0.15, -0.1) is 0 Å². The van der Waals surface area contributed by atoms with E-state index in [0.717, 1.165) is 15.6 Å². The summed E-state index contributed by atoms with van der Waals surface area (Å²) in [7, 11) is 0. The highest BCUT2D eigenvalue weighted by atomic mass is 79.9. The van der Waals surface area contributed by atoms with Crippen molar-refractivity contribution in [2.24, 2.45) is 0 Å². The predicted molar refractivity (Wildman–Crippen MR) is 70.4 cm³/mol. The van der Waals surface area contributed by atoms with Crippen molar-refractivity contribution >= 4 is 21.6 Å². The fraction of sp³-hybridized carbons (Fsp3) is 0.154. The molecule has 1 aromatic carbocycles. The van der Waals surface area contributed by atoms with Gasteiger partial charge in [-0.2, -0.15) is 0 Å². The van der Waals surface area contributed by atoms with Gasteiger partial charge in [-0.1, -0.05) is 15.9 Å². The first-order chi connectivity index (χ1) is 8.16. The molecule has 17 heavy (non-hydrogen) atoms. The molecule has 0 amide bonds. The maximum atomic E-state index is 13.5. The molecule has 0 spiro atoms. The lowest BCUT2D eigenvalue weighted by atomic mass is 10.1. The Labute approximate surface area is 108 Å². The Hall–Kier alpha value is -1.42. The molecule has 0 saturated heterocycles. The standard InChI is InChI=1S/C13H12BrFN2/c1-9-4-5-16-7-10(9)8-17-13-3-2-11(14)6-12(13)15/h2-7,17H,8H2,1H3. The van der Waals surface area contributed by atoms with Crippen LogP contribution in [0.15, 0.2) is 41.1 Å². The summed E-state index contributed by atoms with van der Waals surface area (Å²) in [6, 6.07) is 6.90. The molecule has 0 bridgehead atoms. The van der Waals surface area contributed by atoms with Gasteiger partial charge in [0.05, 0.1) is 5.69 Å². The van der Waals surface area contributed by atoms with Crippen molar-refractivity contribution in [3.8, 4) is 0 Å². The molecule has 0 radical (unpaired) electrons. The van der Waals surface area contributed by atoms with E-state index >= 15 is 0 Å².